The van der Waals surface area contributed by atoms with E-state index in [1.807, 2.05) is 6.07 Å². The first kappa shape index (κ1) is 24.3. The van der Waals surface area contributed by atoms with Gasteiger partial charge in [-0.25, -0.2) is 4.79 Å². The van der Waals surface area contributed by atoms with Crippen LogP contribution in [0, 0.1) is 11.3 Å². The summed E-state index contributed by atoms with van der Waals surface area (Å²) >= 11 is 15.9. The van der Waals surface area contributed by atoms with Gasteiger partial charge >= 0.3 is 5.97 Å². The lowest BCUT2D eigenvalue weighted by Gasteiger charge is -2.11. The number of rotatable bonds is 7. The Labute approximate surface area is 208 Å². The van der Waals surface area contributed by atoms with Crippen molar-refractivity contribution in [3.8, 4) is 11.8 Å². The standard InChI is InChI=1S/C24H15BrCl2N2O4/c25-18-5-7-19(8-6-18)29-23(30)17(12-28)9-15-10-20(26)22(21(27)11-15)33-13-14-1-3-16(4-2-14)24(31)32/h1-11H,13H2,(H,29,30)(H,31,32)/b17-9-. The van der Waals surface area contributed by atoms with Crippen molar-refractivity contribution in [3.05, 3.63) is 97.4 Å². The van der Waals surface area contributed by atoms with E-state index in [1.165, 1.54) is 30.3 Å². The van der Waals surface area contributed by atoms with Crippen LogP contribution >= 0.6 is 39.1 Å². The van der Waals surface area contributed by atoms with Crippen molar-refractivity contribution in [1.82, 2.24) is 0 Å². The van der Waals surface area contributed by atoms with Gasteiger partial charge in [-0.3, -0.25) is 4.79 Å². The molecule has 0 saturated heterocycles. The Balaban J connectivity index is 1.74. The molecular weight excluding hydrogens is 531 g/mol. The zero-order valence-electron chi connectivity index (χ0n) is 16.8. The van der Waals surface area contributed by atoms with Gasteiger partial charge in [-0.1, -0.05) is 51.3 Å². The number of carboxylic acid groups (broad SMARTS) is 1. The predicted octanol–water partition coefficient (Wildman–Crippen LogP) is 6.58. The molecule has 0 aliphatic rings. The molecular formula is C24H15BrCl2N2O4. The van der Waals surface area contributed by atoms with Crippen LogP contribution in [0.5, 0.6) is 5.75 Å². The first-order chi connectivity index (χ1) is 15.8. The molecule has 3 aromatic carbocycles. The Morgan fingerprint density at radius 2 is 1.67 bits per heavy atom. The number of nitrogens with one attached hydrogen (secondary N) is 1. The summed E-state index contributed by atoms with van der Waals surface area (Å²) in [6.07, 6.45) is 1.38. The van der Waals surface area contributed by atoms with Gasteiger partial charge in [-0.2, -0.15) is 5.26 Å². The summed E-state index contributed by atoms with van der Waals surface area (Å²) < 4.78 is 6.56. The largest absolute Gasteiger partial charge is 0.486 e. The maximum atomic E-state index is 12.5. The summed E-state index contributed by atoms with van der Waals surface area (Å²) in [5.41, 5.74) is 1.76. The van der Waals surface area contributed by atoms with Gasteiger partial charge < -0.3 is 15.2 Å². The van der Waals surface area contributed by atoms with Crippen LogP contribution in [0.4, 0.5) is 5.69 Å². The van der Waals surface area contributed by atoms with Crippen LogP contribution in [0.25, 0.3) is 6.08 Å². The van der Waals surface area contributed by atoms with Gasteiger partial charge in [0.2, 0.25) is 0 Å². The topological polar surface area (TPSA) is 99.4 Å². The zero-order chi connectivity index (χ0) is 24.0. The molecule has 0 radical (unpaired) electrons. The Morgan fingerprint density at radius 3 is 2.21 bits per heavy atom. The molecule has 2 N–H and O–H groups in total. The van der Waals surface area contributed by atoms with Crippen LogP contribution in [0.15, 0.2) is 70.7 Å². The highest BCUT2D eigenvalue weighted by Crippen LogP contribution is 2.35. The molecule has 166 valence electrons. The van der Waals surface area contributed by atoms with Gasteiger partial charge in [0.1, 0.15) is 18.2 Å². The summed E-state index contributed by atoms with van der Waals surface area (Å²) in [7, 11) is 0. The molecule has 9 heteroatoms. The molecule has 0 unspecified atom stereocenters. The summed E-state index contributed by atoms with van der Waals surface area (Å²) in [6, 6.07) is 18.1. The van der Waals surface area contributed by atoms with Crippen molar-refractivity contribution < 1.29 is 19.4 Å². The molecule has 0 aromatic heterocycles. The second kappa shape index (κ2) is 11.0. The molecule has 0 bridgehead atoms. The van der Waals surface area contributed by atoms with Crippen LogP contribution in [0.3, 0.4) is 0 Å². The number of nitriles is 1. The number of nitrogens with zero attached hydrogens (tertiary/aromatic N) is 1. The number of halogens is 3. The highest BCUT2D eigenvalue weighted by Gasteiger charge is 2.13. The second-order valence-corrected chi connectivity index (χ2v) is 8.47. The van der Waals surface area contributed by atoms with Gasteiger partial charge in [0.05, 0.1) is 15.6 Å². The average Bonchev–Trinajstić information content (AvgIpc) is 2.78. The first-order valence-corrected chi connectivity index (χ1v) is 10.9. The number of aromatic carboxylic acids is 1. The van der Waals surface area contributed by atoms with E-state index in [-0.39, 0.29) is 33.5 Å². The van der Waals surface area contributed by atoms with Gasteiger partial charge in [0, 0.05) is 10.2 Å². The van der Waals surface area contributed by atoms with Crippen molar-refractivity contribution in [2.24, 2.45) is 0 Å². The molecule has 0 fully saturated rings. The molecule has 3 rings (SSSR count). The Morgan fingerprint density at radius 1 is 1.06 bits per heavy atom. The van der Waals surface area contributed by atoms with Crippen LogP contribution in [0.1, 0.15) is 21.5 Å². The van der Waals surface area contributed by atoms with E-state index in [1.54, 1.807) is 36.4 Å². The third-order valence-electron chi connectivity index (χ3n) is 4.38. The fourth-order valence-corrected chi connectivity index (χ4v) is 3.62. The molecule has 0 aliphatic carbocycles. The minimum Gasteiger partial charge on any atom is -0.486 e. The van der Waals surface area contributed by atoms with E-state index >= 15 is 0 Å². The Kier molecular flexibility index (Phi) is 8.12. The molecule has 33 heavy (non-hydrogen) atoms. The predicted molar refractivity (Wildman–Crippen MR) is 131 cm³/mol. The van der Waals surface area contributed by atoms with Crippen LogP contribution in [0.2, 0.25) is 10.0 Å². The maximum absolute atomic E-state index is 12.5. The monoisotopic (exact) mass is 544 g/mol. The number of amides is 1. The van der Waals surface area contributed by atoms with E-state index in [0.29, 0.717) is 11.3 Å². The summed E-state index contributed by atoms with van der Waals surface area (Å²) in [5.74, 6) is -1.35. The highest BCUT2D eigenvalue weighted by molar-refractivity contribution is 9.10. The van der Waals surface area contributed by atoms with Crippen LogP contribution in [-0.2, 0) is 11.4 Å². The number of anilines is 1. The highest BCUT2D eigenvalue weighted by atomic mass is 79.9. The van der Waals surface area contributed by atoms with Gasteiger partial charge in [0.25, 0.3) is 5.91 Å². The fourth-order valence-electron chi connectivity index (χ4n) is 2.75. The van der Waals surface area contributed by atoms with E-state index in [0.717, 1.165) is 10.0 Å². The van der Waals surface area contributed by atoms with E-state index in [4.69, 9.17) is 33.0 Å². The normalized spacial score (nSPS) is 10.9. The van der Waals surface area contributed by atoms with Crippen LogP contribution in [-0.4, -0.2) is 17.0 Å². The number of hydrogen-bond donors (Lipinski definition) is 2. The fraction of sp³-hybridized carbons (Fsp3) is 0.0417. The summed E-state index contributed by atoms with van der Waals surface area (Å²) in [4.78, 5) is 23.4. The number of carbonyl (C=O) groups excluding carboxylic acids is 1. The molecule has 1 amide bonds. The van der Waals surface area contributed by atoms with E-state index in [9.17, 15) is 14.9 Å². The lowest BCUT2D eigenvalue weighted by Crippen LogP contribution is -2.13. The van der Waals surface area contributed by atoms with Crippen molar-refractivity contribution >= 4 is 62.8 Å². The number of carbonyl (C=O) groups is 2. The van der Waals surface area contributed by atoms with Crippen molar-refractivity contribution in [2.45, 2.75) is 6.61 Å². The third kappa shape index (κ3) is 6.59. The van der Waals surface area contributed by atoms with Gasteiger partial charge in [0.15, 0.2) is 5.75 Å². The minimum atomic E-state index is -1.01. The molecule has 0 saturated carbocycles. The first-order valence-electron chi connectivity index (χ1n) is 9.39. The zero-order valence-corrected chi connectivity index (χ0v) is 19.9. The third-order valence-corrected chi connectivity index (χ3v) is 5.47. The Hall–Kier alpha value is -3.31. The molecule has 0 spiro atoms. The van der Waals surface area contributed by atoms with Gasteiger partial charge in [-0.15, -0.1) is 0 Å². The number of ether oxygens (including phenoxy) is 1. The summed E-state index contributed by atoms with van der Waals surface area (Å²) in [5, 5.41) is 21.4. The molecule has 0 atom stereocenters. The van der Waals surface area contributed by atoms with Crippen LogP contribution < -0.4 is 10.1 Å². The van der Waals surface area contributed by atoms with Gasteiger partial charge in [-0.05, 0) is 65.7 Å². The van der Waals surface area contributed by atoms with E-state index < -0.39 is 11.9 Å². The minimum absolute atomic E-state index is 0.119. The molecule has 6 nitrogen and oxygen atoms in total. The second-order valence-electron chi connectivity index (χ2n) is 6.74. The van der Waals surface area contributed by atoms with E-state index in [2.05, 4.69) is 21.2 Å². The number of hydrogen-bond acceptors (Lipinski definition) is 4. The van der Waals surface area contributed by atoms with Crippen molar-refractivity contribution in [1.29, 1.82) is 5.26 Å². The molecule has 3 aromatic rings. The lowest BCUT2D eigenvalue weighted by molar-refractivity contribution is -0.112. The molecule has 0 aliphatic heterocycles. The lowest BCUT2D eigenvalue weighted by atomic mass is 10.1. The average molecular weight is 546 g/mol. The number of benzene rings is 3. The number of carboxylic acids is 1. The quantitative estimate of drug-likeness (QED) is 0.258. The van der Waals surface area contributed by atoms with Crippen molar-refractivity contribution in [3.63, 3.8) is 0 Å². The molecule has 0 heterocycles. The Bertz CT molecular complexity index is 1240. The summed E-state index contributed by atoms with van der Waals surface area (Å²) in [6.45, 7) is 0.119. The maximum Gasteiger partial charge on any atom is 0.335 e. The van der Waals surface area contributed by atoms with Crippen molar-refractivity contribution in [2.75, 3.05) is 5.32 Å². The smallest absolute Gasteiger partial charge is 0.335 e. The SMILES string of the molecule is N#C/C(=C/c1cc(Cl)c(OCc2ccc(C(=O)O)cc2)c(Cl)c1)C(=O)Nc1ccc(Br)cc1.